The summed E-state index contributed by atoms with van der Waals surface area (Å²) in [5.74, 6) is -1.80. The van der Waals surface area contributed by atoms with Gasteiger partial charge in [-0.05, 0) is 24.0 Å². The molecule has 0 unspecified atom stereocenters. The molecule has 1 heterocycles. The molecule has 3 rings (SSSR count). The molecule has 18 heavy (non-hydrogen) atoms. The molecule has 0 radical (unpaired) electrons. The van der Waals surface area contributed by atoms with E-state index in [0.717, 1.165) is 12.8 Å². The van der Waals surface area contributed by atoms with Crippen molar-refractivity contribution in [2.24, 2.45) is 5.92 Å². The number of rotatable bonds is 2. The SMILES string of the molecule is O=C([O-])[C@@H]1CC(=O)N(C2Cc3ccccc3C2)C1. The van der Waals surface area contributed by atoms with Gasteiger partial charge in [0.15, 0.2) is 0 Å². The molecule has 1 atom stereocenters. The molecule has 1 aromatic rings. The first kappa shape index (κ1) is 11.3. The molecule has 1 fully saturated rings. The van der Waals surface area contributed by atoms with Gasteiger partial charge in [-0.25, -0.2) is 0 Å². The molecule has 1 saturated heterocycles. The maximum absolute atomic E-state index is 11.9. The average Bonchev–Trinajstić information content (AvgIpc) is 2.91. The monoisotopic (exact) mass is 244 g/mol. The van der Waals surface area contributed by atoms with Crippen molar-refractivity contribution in [1.29, 1.82) is 0 Å². The van der Waals surface area contributed by atoms with E-state index in [9.17, 15) is 14.7 Å². The third-order valence-electron chi connectivity index (χ3n) is 3.96. The number of nitrogens with zero attached hydrogens (tertiary/aromatic N) is 1. The molecule has 0 bridgehead atoms. The normalized spacial score (nSPS) is 23.4. The molecule has 4 nitrogen and oxygen atoms in total. The summed E-state index contributed by atoms with van der Waals surface area (Å²) < 4.78 is 0. The first-order chi connectivity index (χ1) is 8.65. The van der Waals surface area contributed by atoms with Crippen molar-refractivity contribution in [3.05, 3.63) is 35.4 Å². The molecule has 1 aliphatic carbocycles. The Hall–Kier alpha value is -1.84. The lowest BCUT2D eigenvalue weighted by Gasteiger charge is -2.24. The summed E-state index contributed by atoms with van der Waals surface area (Å²) >= 11 is 0. The lowest BCUT2D eigenvalue weighted by molar-refractivity contribution is -0.311. The van der Waals surface area contributed by atoms with Crippen LogP contribution in [0.5, 0.6) is 0 Å². The Bertz CT molecular complexity index is 487. The zero-order chi connectivity index (χ0) is 12.7. The van der Waals surface area contributed by atoms with Crippen LogP contribution in [-0.2, 0) is 22.4 Å². The van der Waals surface area contributed by atoms with E-state index < -0.39 is 11.9 Å². The van der Waals surface area contributed by atoms with E-state index in [4.69, 9.17) is 0 Å². The Morgan fingerprint density at radius 3 is 2.28 bits per heavy atom. The summed E-state index contributed by atoms with van der Waals surface area (Å²) in [5, 5.41) is 10.8. The summed E-state index contributed by atoms with van der Waals surface area (Å²) in [6, 6.07) is 8.27. The summed E-state index contributed by atoms with van der Waals surface area (Å²) in [7, 11) is 0. The van der Waals surface area contributed by atoms with Crippen LogP contribution in [-0.4, -0.2) is 29.4 Å². The molecule has 1 aliphatic heterocycles. The highest BCUT2D eigenvalue weighted by atomic mass is 16.4. The molecule has 1 amide bonds. The van der Waals surface area contributed by atoms with Crippen LogP contribution in [0.15, 0.2) is 24.3 Å². The van der Waals surface area contributed by atoms with Gasteiger partial charge in [0.2, 0.25) is 5.91 Å². The van der Waals surface area contributed by atoms with Gasteiger partial charge in [-0.2, -0.15) is 0 Å². The average molecular weight is 244 g/mol. The number of aliphatic carboxylic acids is 1. The summed E-state index contributed by atoms with van der Waals surface area (Å²) in [6.07, 6.45) is 1.76. The lowest BCUT2D eigenvalue weighted by atomic mass is 10.1. The van der Waals surface area contributed by atoms with Gasteiger partial charge in [0.1, 0.15) is 0 Å². The smallest absolute Gasteiger partial charge is 0.223 e. The first-order valence-electron chi connectivity index (χ1n) is 6.22. The van der Waals surface area contributed by atoms with Crippen LogP contribution in [0.1, 0.15) is 17.5 Å². The molecule has 2 aliphatic rings. The minimum atomic E-state index is -1.11. The van der Waals surface area contributed by atoms with Gasteiger partial charge in [0, 0.05) is 30.9 Å². The Labute approximate surface area is 105 Å². The number of hydrogen-bond donors (Lipinski definition) is 0. The van der Waals surface area contributed by atoms with Gasteiger partial charge in [-0.3, -0.25) is 4.79 Å². The van der Waals surface area contributed by atoms with E-state index in [1.165, 1.54) is 11.1 Å². The summed E-state index contributed by atoms with van der Waals surface area (Å²) in [6.45, 7) is 0.305. The van der Waals surface area contributed by atoms with Gasteiger partial charge < -0.3 is 14.8 Å². The minimum Gasteiger partial charge on any atom is -0.550 e. The topological polar surface area (TPSA) is 60.4 Å². The Morgan fingerprint density at radius 1 is 1.17 bits per heavy atom. The number of carboxylic acids is 1. The Morgan fingerprint density at radius 2 is 1.78 bits per heavy atom. The van der Waals surface area contributed by atoms with Crippen molar-refractivity contribution < 1.29 is 14.7 Å². The highest BCUT2D eigenvalue weighted by Gasteiger charge is 2.37. The Balaban J connectivity index is 1.75. The molecular weight excluding hydrogens is 230 g/mol. The lowest BCUT2D eigenvalue weighted by Crippen LogP contribution is -2.39. The highest BCUT2D eigenvalue weighted by molar-refractivity contribution is 5.85. The predicted molar refractivity (Wildman–Crippen MR) is 62.5 cm³/mol. The largest absolute Gasteiger partial charge is 0.550 e. The zero-order valence-electron chi connectivity index (χ0n) is 9.96. The number of carbonyl (C=O) groups is 2. The van der Waals surface area contributed by atoms with Gasteiger partial charge >= 0.3 is 0 Å². The van der Waals surface area contributed by atoms with Crippen molar-refractivity contribution in [3.8, 4) is 0 Å². The molecule has 94 valence electrons. The molecule has 0 aromatic heterocycles. The maximum Gasteiger partial charge on any atom is 0.223 e. The quantitative estimate of drug-likeness (QED) is 0.721. The zero-order valence-corrected chi connectivity index (χ0v) is 9.96. The Kier molecular flexibility index (Phi) is 2.58. The van der Waals surface area contributed by atoms with Crippen LogP contribution in [0.4, 0.5) is 0 Å². The van der Waals surface area contributed by atoms with E-state index in [0.29, 0.717) is 6.54 Å². The first-order valence-corrected chi connectivity index (χ1v) is 6.22. The van der Waals surface area contributed by atoms with Crippen LogP contribution in [0.25, 0.3) is 0 Å². The van der Waals surface area contributed by atoms with E-state index in [-0.39, 0.29) is 18.4 Å². The van der Waals surface area contributed by atoms with Gasteiger partial charge in [0.05, 0.1) is 0 Å². The molecule has 0 saturated carbocycles. The second-order valence-corrected chi connectivity index (χ2v) is 5.10. The van der Waals surface area contributed by atoms with Crippen molar-refractivity contribution in [1.82, 2.24) is 4.90 Å². The fourth-order valence-corrected chi connectivity index (χ4v) is 3.00. The number of fused-ring (bicyclic) bond motifs is 1. The van der Waals surface area contributed by atoms with E-state index in [2.05, 4.69) is 12.1 Å². The van der Waals surface area contributed by atoms with E-state index in [1.807, 2.05) is 12.1 Å². The number of carboxylic acid groups (broad SMARTS) is 1. The van der Waals surface area contributed by atoms with Crippen LogP contribution < -0.4 is 5.11 Å². The second-order valence-electron chi connectivity index (χ2n) is 5.10. The number of carbonyl (C=O) groups excluding carboxylic acids is 2. The van der Waals surface area contributed by atoms with Gasteiger partial charge in [-0.1, -0.05) is 24.3 Å². The molecule has 0 N–H and O–H groups in total. The molecule has 1 aromatic carbocycles. The second kappa shape index (κ2) is 4.12. The maximum atomic E-state index is 11.9. The van der Waals surface area contributed by atoms with Crippen LogP contribution in [0.3, 0.4) is 0 Å². The van der Waals surface area contributed by atoms with Gasteiger partial charge in [0.25, 0.3) is 0 Å². The number of hydrogen-bond acceptors (Lipinski definition) is 3. The molecule has 4 heteroatoms. The van der Waals surface area contributed by atoms with Crippen molar-refractivity contribution in [2.75, 3.05) is 6.54 Å². The standard InChI is InChI=1S/C14H15NO3/c16-13-7-11(14(17)18)8-15(13)12-5-9-3-1-2-4-10(9)6-12/h1-4,11-12H,5-8H2,(H,17,18)/p-1/t11-/m1/s1. The number of likely N-dealkylation sites (tertiary alicyclic amines) is 1. The minimum absolute atomic E-state index is 0.0537. The fourth-order valence-electron chi connectivity index (χ4n) is 3.00. The van der Waals surface area contributed by atoms with Crippen molar-refractivity contribution in [3.63, 3.8) is 0 Å². The molecule has 0 spiro atoms. The van der Waals surface area contributed by atoms with Crippen LogP contribution >= 0.6 is 0 Å². The number of amides is 1. The van der Waals surface area contributed by atoms with E-state index in [1.54, 1.807) is 4.90 Å². The van der Waals surface area contributed by atoms with Gasteiger partial charge in [-0.15, -0.1) is 0 Å². The third-order valence-corrected chi connectivity index (χ3v) is 3.96. The third kappa shape index (κ3) is 1.78. The van der Waals surface area contributed by atoms with E-state index >= 15 is 0 Å². The summed E-state index contributed by atoms with van der Waals surface area (Å²) in [4.78, 5) is 24.4. The van der Waals surface area contributed by atoms with Crippen LogP contribution in [0, 0.1) is 5.92 Å². The van der Waals surface area contributed by atoms with Crippen molar-refractivity contribution >= 4 is 11.9 Å². The van der Waals surface area contributed by atoms with Crippen molar-refractivity contribution in [2.45, 2.75) is 25.3 Å². The fraction of sp³-hybridized carbons (Fsp3) is 0.429. The highest BCUT2D eigenvalue weighted by Crippen LogP contribution is 2.29. The summed E-state index contributed by atoms with van der Waals surface area (Å²) in [5.41, 5.74) is 2.54. The predicted octanol–water partition coefficient (Wildman–Crippen LogP) is -0.248. The van der Waals surface area contributed by atoms with Crippen LogP contribution in [0.2, 0.25) is 0 Å². The number of benzene rings is 1. The molecular formula is C14H14NO3-.